The fraction of sp³-hybridized carbons (Fsp3) is 0.294. The lowest BCUT2D eigenvalue weighted by atomic mass is 10.1. The van der Waals surface area contributed by atoms with E-state index in [4.69, 9.17) is 5.11 Å². The first-order valence-electron chi connectivity index (χ1n) is 7.23. The normalized spacial score (nSPS) is 10.6. The third-order valence-electron chi connectivity index (χ3n) is 3.47. The molecule has 5 heteroatoms. The molecule has 1 aromatic heterocycles. The van der Waals surface area contributed by atoms with Crippen LogP contribution in [0.5, 0.6) is 0 Å². The van der Waals surface area contributed by atoms with Gasteiger partial charge in [-0.2, -0.15) is 0 Å². The predicted octanol–water partition coefficient (Wildman–Crippen LogP) is 3.08. The molecule has 0 fully saturated rings. The van der Waals surface area contributed by atoms with Crippen molar-refractivity contribution in [3.63, 3.8) is 0 Å². The van der Waals surface area contributed by atoms with E-state index in [1.165, 1.54) is 18.2 Å². The molecule has 0 aliphatic carbocycles. The summed E-state index contributed by atoms with van der Waals surface area (Å²) in [5.41, 5.74) is 1.37. The summed E-state index contributed by atoms with van der Waals surface area (Å²) < 4.78 is 14.6. The SMILES string of the molecule is CCCCn1c(-c2ccc(F)cc2)ccc(CC(=O)O)c1=O. The van der Waals surface area contributed by atoms with Gasteiger partial charge in [0.05, 0.1) is 12.1 Å². The van der Waals surface area contributed by atoms with E-state index in [0.717, 1.165) is 18.4 Å². The molecule has 0 aliphatic heterocycles. The molecular formula is C17H18FNO3. The van der Waals surface area contributed by atoms with E-state index < -0.39 is 5.97 Å². The zero-order chi connectivity index (χ0) is 16.1. The molecule has 1 aromatic carbocycles. The molecule has 1 heterocycles. The van der Waals surface area contributed by atoms with Crippen LogP contribution in [0.2, 0.25) is 0 Å². The van der Waals surface area contributed by atoms with Gasteiger partial charge in [0.25, 0.3) is 5.56 Å². The Bertz CT molecular complexity index is 720. The van der Waals surface area contributed by atoms with Crippen molar-refractivity contribution in [3.05, 3.63) is 58.1 Å². The van der Waals surface area contributed by atoms with Crippen LogP contribution in [0.25, 0.3) is 11.3 Å². The minimum atomic E-state index is -1.03. The average molecular weight is 303 g/mol. The van der Waals surface area contributed by atoms with Gasteiger partial charge in [-0.1, -0.05) is 19.4 Å². The van der Waals surface area contributed by atoms with Crippen LogP contribution in [0.1, 0.15) is 25.3 Å². The van der Waals surface area contributed by atoms with Gasteiger partial charge >= 0.3 is 5.97 Å². The van der Waals surface area contributed by atoms with Gasteiger partial charge in [-0.3, -0.25) is 9.59 Å². The number of rotatable bonds is 6. The number of hydrogen-bond acceptors (Lipinski definition) is 2. The van der Waals surface area contributed by atoms with Crippen molar-refractivity contribution < 1.29 is 14.3 Å². The lowest BCUT2D eigenvalue weighted by Crippen LogP contribution is -2.26. The maximum Gasteiger partial charge on any atom is 0.308 e. The van der Waals surface area contributed by atoms with Crippen LogP contribution in [0, 0.1) is 5.82 Å². The number of aromatic nitrogens is 1. The number of carboxylic acid groups (broad SMARTS) is 1. The third kappa shape index (κ3) is 3.61. The average Bonchev–Trinajstić information content (AvgIpc) is 2.48. The molecule has 0 bridgehead atoms. The van der Waals surface area contributed by atoms with Crippen LogP contribution in [0.4, 0.5) is 4.39 Å². The number of halogens is 1. The Hall–Kier alpha value is -2.43. The molecule has 4 nitrogen and oxygen atoms in total. The lowest BCUT2D eigenvalue weighted by molar-refractivity contribution is -0.136. The second-order valence-corrected chi connectivity index (χ2v) is 5.13. The summed E-state index contributed by atoms with van der Waals surface area (Å²) in [7, 11) is 0. The number of nitrogens with zero attached hydrogens (tertiary/aromatic N) is 1. The van der Waals surface area contributed by atoms with Gasteiger partial charge in [0, 0.05) is 12.1 Å². The van der Waals surface area contributed by atoms with Crippen LogP contribution in [0.15, 0.2) is 41.2 Å². The van der Waals surface area contributed by atoms with Gasteiger partial charge in [-0.25, -0.2) is 4.39 Å². The summed E-state index contributed by atoms with van der Waals surface area (Å²) >= 11 is 0. The van der Waals surface area contributed by atoms with Gasteiger partial charge in [0.1, 0.15) is 5.82 Å². The van der Waals surface area contributed by atoms with E-state index in [1.807, 2.05) is 6.92 Å². The topological polar surface area (TPSA) is 59.3 Å². The first-order chi connectivity index (χ1) is 10.5. The van der Waals surface area contributed by atoms with E-state index in [-0.39, 0.29) is 23.4 Å². The highest BCUT2D eigenvalue weighted by molar-refractivity contribution is 5.70. The molecule has 0 saturated carbocycles. The highest BCUT2D eigenvalue weighted by Crippen LogP contribution is 2.19. The van der Waals surface area contributed by atoms with Gasteiger partial charge < -0.3 is 9.67 Å². The van der Waals surface area contributed by atoms with Crippen molar-refractivity contribution in [2.24, 2.45) is 0 Å². The van der Waals surface area contributed by atoms with Crippen molar-refractivity contribution >= 4 is 5.97 Å². The van der Waals surface area contributed by atoms with Crippen molar-refractivity contribution in [2.45, 2.75) is 32.7 Å². The number of carbonyl (C=O) groups is 1. The minimum absolute atomic E-state index is 0.259. The molecule has 2 aromatic rings. The summed E-state index contributed by atoms with van der Waals surface area (Å²) in [5, 5.41) is 8.89. The summed E-state index contributed by atoms with van der Waals surface area (Å²) in [6, 6.07) is 9.18. The van der Waals surface area contributed by atoms with Crippen molar-refractivity contribution in [1.29, 1.82) is 0 Å². The number of aliphatic carboxylic acids is 1. The zero-order valence-corrected chi connectivity index (χ0v) is 12.4. The van der Waals surface area contributed by atoms with Crippen LogP contribution >= 0.6 is 0 Å². The lowest BCUT2D eigenvalue weighted by Gasteiger charge is -2.14. The number of pyridine rings is 1. The Morgan fingerprint density at radius 2 is 1.86 bits per heavy atom. The first-order valence-corrected chi connectivity index (χ1v) is 7.23. The number of hydrogen-bond donors (Lipinski definition) is 1. The molecule has 0 saturated heterocycles. The van der Waals surface area contributed by atoms with Gasteiger partial charge in [0.15, 0.2) is 0 Å². The second kappa shape index (κ2) is 7.02. The molecule has 0 amide bonds. The Balaban J connectivity index is 2.52. The molecule has 0 aliphatic rings. The Kier molecular flexibility index (Phi) is 5.09. The molecule has 2 rings (SSSR count). The van der Waals surface area contributed by atoms with Crippen LogP contribution in [-0.2, 0) is 17.8 Å². The monoisotopic (exact) mass is 303 g/mol. The predicted molar refractivity (Wildman–Crippen MR) is 82.3 cm³/mol. The Morgan fingerprint density at radius 3 is 2.45 bits per heavy atom. The van der Waals surface area contributed by atoms with Crippen LogP contribution in [-0.4, -0.2) is 15.6 Å². The maximum absolute atomic E-state index is 13.1. The molecule has 1 N–H and O–H groups in total. The highest BCUT2D eigenvalue weighted by atomic mass is 19.1. The number of unbranched alkanes of at least 4 members (excludes halogenated alkanes) is 1. The summed E-state index contributed by atoms with van der Waals surface area (Å²) in [5.74, 6) is -1.37. The molecule has 0 spiro atoms. The molecular weight excluding hydrogens is 285 g/mol. The van der Waals surface area contributed by atoms with Crippen LogP contribution < -0.4 is 5.56 Å². The quantitative estimate of drug-likeness (QED) is 0.892. The summed E-state index contributed by atoms with van der Waals surface area (Å²) in [6.07, 6.45) is 1.43. The molecule has 116 valence electrons. The molecule has 0 atom stereocenters. The maximum atomic E-state index is 13.1. The number of carboxylic acids is 1. The van der Waals surface area contributed by atoms with Crippen LogP contribution in [0.3, 0.4) is 0 Å². The molecule has 0 unspecified atom stereocenters. The van der Waals surface area contributed by atoms with Gasteiger partial charge in [-0.05, 0) is 42.3 Å². The van der Waals surface area contributed by atoms with Crippen molar-refractivity contribution in [1.82, 2.24) is 4.57 Å². The second-order valence-electron chi connectivity index (χ2n) is 5.13. The van der Waals surface area contributed by atoms with E-state index in [0.29, 0.717) is 12.2 Å². The molecule has 22 heavy (non-hydrogen) atoms. The van der Waals surface area contributed by atoms with E-state index in [2.05, 4.69) is 0 Å². The smallest absolute Gasteiger partial charge is 0.308 e. The van der Waals surface area contributed by atoms with Crippen molar-refractivity contribution in [2.75, 3.05) is 0 Å². The van der Waals surface area contributed by atoms with E-state index in [1.54, 1.807) is 22.8 Å². The third-order valence-corrected chi connectivity index (χ3v) is 3.47. The fourth-order valence-corrected chi connectivity index (χ4v) is 2.33. The zero-order valence-electron chi connectivity index (χ0n) is 12.4. The van der Waals surface area contributed by atoms with Gasteiger partial charge in [0.2, 0.25) is 0 Å². The molecule has 0 radical (unpaired) electrons. The largest absolute Gasteiger partial charge is 0.481 e. The Morgan fingerprint density at radius 1 is 1.18 bits per heavy atom. The Labute approximate surface area is 127 Å². The first kappa shape index (κ1) is 15.9. The van der Waals surface area contributed by atoms with Gasteiger partial charge in [-0.15, -0.1) is 0 Å². The highest BCUT2D eigenvalue weighted by Gasteiger charge is 2.12. The van der Waals surface area contributed by atoms with Crippen molar-refractivity contribution in [3.8, 4) is 11.3 Å². The number of benzene rings is 1. The summed E-state index contributed by atoms with van der Waals surface area (Å²) in [4.78, 5) is 23.3. The minimum Gasteiger partial charge on any atom is -0.481 e. The fourth-order valence-electron chi connectivity index (χ4n) is 2.33. The summed E-state index contributed by atoms with van der Waals surface area (Å²) in [6.45, 7) is 2.53. The van der Waals surface area contributed by atoms with E-state index >= 15 is 0 Å². The van der Waals surface area contributed by atoms with E-state index in [9.17, 15) is 14.0 Å². The standard InChI is InChI=1S/C17H18FNO3/c1-2-3-10-19-15(12-4-7-14(18)8-5-12)9-6-13(17(19)22)11-16(20)21/h4-9H,2-3,10-11H2,1H3,(H,20,21).